The molecular formula is C20H29NO2. The highest BCUT2D eigenvalue weighted by Gasteiger charge is 2.38. The molecule has 1 fully saturated rings. The standard InChI is InChI=1S/C18H23NO2.C2H6/c1-21-17-9-11-3-5-16(20)18(11)15-8-12-6-13(19)4-2-10(12)7-14(15)17;1-2/h9-10,12-13H,2-8,19H2,1H3;1-2H3. The van der Waals surface area contributed by atoms with Crippen molar-refractivity contribution in [1.82, 2.24) is 0 Å². The maximum atomic E-state index is 12.3. The Morgan fingerprint density at radius 1 is 1.09 bits per heavy atom. The van der Waals surface area contributed by atoms with E-state index in [9.17, 15) is 4.79 Å². The molecule has 3 heteroatoms. The van der Waals surface area contributed by atoms with Gasteiger partial charge in [0.15, 0.2) is 5.78 Å². The summed E-state index contributed by atoms with van der Waals surface area (Å²) in [4.78, 5) is 12.3. The number of carbonyl (C=O) groups is 1. The van der Waals surface area contributed by atoms with Gasteiger partial charge in [-0.25, -0.2) is 0 Å². The molecular weight excluding hydrogens is 286 g/mol. The van der Waals surface area contributed by atoms with Crippen LogP contribution in [0.2, 0.25) is 0 Å². The van der Waals surface area contributed by atoms with Gasteiger partial charge < -0.3 is 10.5 Å². The number of hydrogen-bond donors (Lipinski definition) is 1. The summed E-state index contributed by atoms with van der Waals surface area (Å²) in [6.45, 7) is 4.00. The number of fused-ring (bicyclic) bond motifs is 4. The second kappa shape index (κ2) is 6.64. The van der Waals surface area contributed by atoms with Crippen LogP contribution in [0, 0.1) is 11.8 Å². The van der Waals surface area contributed by atoms with Crippen molar-refractivity contribution in [3.8, 4) is 5.75 Å². The van der Waals surface area contributed by atoms with E-state index in [4.69, 9.17) is 10.5 Å². The predicted octanol–water partition coefficient (Wildman–Crippen LogP) is 3.69. The van der Waals surface area contributed by atoms with Crippen LogP contribution in [0.3, 0.4) is 0 Å². The molecule has 0 bridgehead atoms. The third-order valence-electron chi connectivity index (χ3n) is 5.82. The largest absolute Gasteiger partial charge is 0.496 e. The van der Waals surface area contributed by atoms with Gasteiger partial charge in [-0.2, -0.15) is 0 Å². The van der Waals surface area contributed by atoms with Crippen molar-refractivity contribution in [3.63, 3.8) is 0 Å². The zero-order valence-corrected chi connectivity index (χ0v) is 14.7. The maximum absolute atomic E-state index is 12.3. The first-order chi connectivity index (χ1) is 11.2. The van der Waals surface area contributed by atoms with Crippen molar-refractivity contribution < 1.29 is 9.53 Å². The minimum absolute atomic E-state index is 0.336. The van der Waals surface area contributed by atoms with Gasteiger partial charge >= 0.3 is 0 Å². The molecule has 4 rings (SSSR count). The topological polar surface area (TPSA) is 52.3 Å². The molecule has 0 aromatic heterocycles. The summed E-state index contributed by atoms with van der Waals surface area (Å²) < 4.78 is 5.64. The van der Waals surface area contributed by atoms with Crippen LogP contribution in [0.25, 0.3) is 0 Å². The van der Waals surface area contributed by atoms with E-state index >= 15 is 0 Å². The molecule has 0 amide bonds. The van der Waals surface area contributed by atoms with Crippen LogP contribution in [-0.2, 0) is 19.3 Å². The lowest BCUT2D eigenvalue weighted by atomic mass is 9.66. The number of nitrogens with two attached hydrogens (primary N) is 1. The molecule has 1 aromatic carbocycles. The summed E-state index contributed by atoms with van der Waals surface area (Å²) in [5, 5.41) is 0. The summed E-state index contributed by atoms with van der Waals surface area (Å²) in [5.74, 6) is 2.72. The normalized spacial score (nSPS) is 28.2. The Balaban J connectivity index is 0.000000753. The highest BCUT2D eigenvalue weighted by atomic mass is 16.5. The molecule has 0 heterocycles. The quantitative estimate of drug-likeness (QED) is 0.860. The maximum Gasteiger partial charge on any atom is 0.163 e. The van der Waals surface area contributed by atoms with Gasteiger partial charge in [-0.15, -0.1) is 0 Å². The molecule has 3 atom stereocenters. The van der Waals surface area contributed by atoms with Gasteiger partial charge in [-0.3, -0.25) is 4.79 Å². The van der Waals surface area contributed by atoms with Gasteiger partial charge in [0.25, 0.3) is 0 Å². The second-order valence-electron chi connectivity index (χ2n) is 6.99. The Labute approximate surface area is 139 Å². The van der Waals surface area contributed by atoms with Gasteiger partial charge in [0, 0.05) is 18.0 Å². The van der Waals surface area contributed by atoms with Crippen LogP contribution in [0.4, 0.5) is 0 Å². The first kappa shape index (κ1) is 16.5. The third kappa shape index (κ3) is 2.80. The molecule has 1 aromatic rings. The molecule has 126 valence electrons. The van der Waals surface area contributed by atoms with Crippen LogP contribution < -0.4 is 10.5 Å². The van der Waals surface area contributed by atoms with Gasteiger partial charge in [0.1, 0.15) is 5.75 Å². The van der Waals surface area contributed by atoms with Crippen molar-refractivity contribution in [1.29, 1.82) is 0 Å². The molecule has 3 aliphatic carbocycles. The molecule has 0 radical (unpaired) electrons. The van der Waals surface area contributed by atoms with E-state index in [1.165, 1.54) is 23.1 Å². The van der Waals surface area contributed by atoms with Gasteiger partial charge in [-0.1, -0.05) is 13.8 Å². The molecule has 0 aliphatic heterocycles. The fourth-order valence-corrected chi connectivity index (χ4v) is 4.77. The van der Waals surface area contributed by atoms with Crippen molar-refractivity contribution in [3.05, 3.63) is 28.3 Å². The third-order valence-corrected chi connectivity index (χ3v) is 5.82. The van der Waals surface area contributed by atoms with Gasteiger partial charge in [0.2, 0.25) is 0 Å². The number of ketones is 1. The number of hydrogen-bond acceptors (Lipinski definition) is 3. The molecule has 0 spiro atoms. The van der Waals surface area contributed by atoms with E-state index in [1.807, 2.05) is 13.8 Å². The van der Waals surface area contributed by atoms with Crippen LogP contribution in [0.1, 0.15) is 66.6 Å². The lowest BCUT2D eigenvalue weighted by molar-refractivity contribution is 0.0992. The van der Waals surface area contributed by atoms with E-state index in [0.29, 0.717) is 24.2 Å². The number of methoxy groups -OCH3 is 1. The summed E-state index contributed by atoms with van der Waals surface area (Å²) >= 11 is 0. The predicted molar refractivity (Wildman–Crippen MR) is 93.2 cm³/mol. The Kier molecular flexibility index (Phi) is 4.77. The van der Waals surface area contributed by atoms with E-state index < -0.39 is 0 Å². The molecule has 3 aliphatic rings. The zero-order chi connectivity index (χ0) is 16.6. The fourth-order valence-electron chi connectivity index (χ4n) is 4.77. The lowest BCUT2D eigenvalue weighted by Crippen LogP contribution is -2.38. The van der Waals surface area contributed by atoms with Gasteiger partial charge in [-0.05, 0) is 73.1 Å². The highest BCUT2D eigenvalue weighted by molar-refractivity contribution is 6.02. The number of ether oxygens (including phenoxy) is 1. The van der Waals surface area contributed by atoms with Crippen LogP contribution in [0.15, 0.2) is 6.07 Å². The molecule has 2 N–H and O–H groups in total. The molecule has 0 saturated heterocycles. The van der Waals surface area contributed by atoms with Crippen molar-refractivity contribution in [2.75, 3.05) is 7.11 Å². The minimum atomic E-state index is 0.336. The summed E-state index contributed by atoms with van der Waals surface area (Å²) in [6, 6.07) is 2.47. The van der Waals surface area contributed by atoms with E-state index in [-0.39, 0.29) is 0 Å². The van der Waals surface area contributed by atoms with Crippen LogP contribution in [0.5, 0.6) is 5.75 Å². The molecule has 23 heavy (non-hydrogen) atoms. The first-order valence-corrected chi connectivity index (χ1v) is 9.17. The molecule has 3 nitrogen and oxygen atoms in total. The smallest absolute Gasteiger partial charge is 0.163 e. The SMILES string of the molecule is CC.COc1cc2c(c3c1CC1CCC(N)CC1C3)C(=O)CC2. The Morgan fingerprint density at radius 3 is 2.57 bits per heavy atom. The Morgan fingerprint density at radius 2 is 1.83 bits per heavy atom. The average Bonchev–Trinajstić information content (AvgIpc) is 2.95. The second-order valence-corrected chi connectivity index (χ2v) is 6.99. The Hall–Kier alpha value is -1.35. The first-order valence-electron chi connectivity index (χ1n) is 9.17. The average molecular weight is 315 g/mol. The summed E-state index contributed by atoms with van der Waals surface area (Å²) in [5.41, 5.74) is 11.0. The number of aryl methyl sites for hydroxylation is 1. The van der Waals surface area contributed by atoms with Crippen molar-refractivity contribution >= 4 is 5.78 Å². The van der Waals surface area contributed by atoms with E-state index in [2.05, 4.69) is 6.07 Å². The Bertz CT molecular complexity index is 608. The van der Waals surface area contributed by atoms with E-state index in [1.54, 1.807) is 7.11 Å². The van der Waals surface area contributed by atoms with Crippen LogP contribution in [-0.4, -0.2) is 18.9 Å². The fraction of sp³-hybridized carbons (Fsp3) is 0.650. The number of Topliss-reactive ketones (excluding diaryl/α,β-unsaturated/α-hetero) is 1. The zero-order valence-electron chi connectivity index (χ0n) is 14.7. The van der Waals surface area contributed by atoms with Crippen LogP contribution >= 0.6 is 0 Å². The van der Waals surface area contributed by atoms with E-state index in [0.717, 1.165) is 49.3 Å². The van der Waals surface area contributed by atoms with Crippen molar-refractivity contribution in [2.45, 2.75) is 64.8 Å². The number of carbonyl (C=O) groups excluding carboxylic acids is 1. The summed E-state index contributed by atoms with van der Waals surface area (Å²) in [7, 11) is 1.75. The van der Waals surface area contributed by atoms with Gasteiger partial charge in [0.05, 0.1) is 7.11 Å². The lowest BCUT2D eigenvalue weighted by Gasteiger charge is -2.40. The molecule has 1 saturated carbocycles. The number of rotatable bonds is 1. The minimum Gasteiger partial charge on any atom is -0.496 e. The monoisotopic (exact) mass is 315 g/mol. The number of benzene rings is 1. The summed E-state index contributed by atoms with van der Waals surface area (Å²) in [6.07, 6.45) is 7.12. The molecule has 3 unspecified atom stereocenters. The van der Waals surface area contributed by atoms with Crippen molar-refractivity contribution in [2.24, 2.45) is 17.6 Å². The highest BCUT2D eigenvalue weighted by Crippen LogP contribution is 2.45.